The Morgan fingerprint density at radius 3 is 2.36 bits per heavy atom. The lowest BCUT2D eigenvalue weighted by molar-refractivity contribution is -0.192. The molecule has 0 saturated carbocycles. The molecule has 4 rings (SSSR count). The number of rotatable bonds is 10. The maximum absolute atomic E-state index is 13.1. The van der Waals surface area contributed by atoms with Gasteiger partial charge in [0.1, 0.15) is 21.5 Å². The number of ether oxygens (including phenoxy) is 1. The van der Waals surface area contributed by atoms with E-state index in [0.717, 1.165) is 28.0 Å². The molecule has 0 radical (unpaired) electrons. The standard InChI is InChI=1S/C25H26ClN3O4S2.C2HF3O2/c1-16(27)21(30)10-9-17-5-3-6-18(13-17)14-29-20-7-4-8-22(33-2)25(20)19(28-29)15-35(31,32)24-12-11-23(26)34-24;3-2(4,5)1(6)7/h3-8,11-13,16H,9-10,14-15,27H2,1-2H3;(H,6,7)/t16-;/m1./s1. The van der Waals surface area contributed by atoms with E-state index in [9.17, 15) is 26.4 Å². The average Bonchev–Trinajstić information content (AvgIpc) is 3.51. The summed E-state index contributed by atoms with van der Waals surface area (Å²) in [5, 5.41) is 12.5. The summed E-state index contributed by atoms with van der Waals surface area (Å²) >= 11 is 6.99. The number of sulfone groups is 1. The molecule has 0 bridgehead atoms. The molecule has 0 aliphatic carbocycles. The van der Waals surface area contributed by atoms with Crippen LogP contribution in [0.15, 0.2) is 58.8 Å². The van der Waals surface area contributed by atoms with E-state index in [1.165, 1.54) is 6.07 Å². The topological polar surface area (TPSA) is 142 Å². The van der Waals surface area contributed by atoms with E-state index in [2.05, 4.69) is 0 Å². The van der Waals surface area contributed by atoms with Gasteiger partial charge in [0.2, 0.25) is 0 Å². The zero-order valence-corrected chi connectivity index (χ0v) is 24.8. The molecule has 0 amide bonds. The Morgan fingerprint density at radius 1 is 1.14 bits per heavy atom. The molecule has 4 aromatic rings. The van der Waals surface area contributed by atoms with E-state index in [0.29, 0.717) is 40.6 Å². The van der Waals surface area contributed by atoms with Gasteiger partial charge in [-0.25, -0.2) is 13.2 Å². The zero-order chi connectivity index (χ0) is 31.2. The molecule has 3 N–H and O–H groups in total. The molecule has 0 fully saturated rings. The third-order valence-corrected chi connectivity index (χ3v) is 9.39. The first-order chi connectivity index (χ1) is 19.6. The van der Waals surface area contributed by atoms with E-state index in [4.69, 9.17) is 37.1 Å². The Labute approximate surface area is 248 Å². The van der Waals surface area contributed by atoms with Crippen molar-refractivity contribution in [3.8, 4) is 5.75 Å². The van der Waals surface area contributed by atoms with Crippen LogP contribution in [-0.2, 0) is 38.1 Å². The number of nitrogens with two attached hydrogens (primary N) is 1. The number of ketones is 1. The number of fused-ring (bicyclic) bond motifs is 1. The second kappa shape index (κ2) is 13.7. The third-order valence-electron chi connectivity index (χ3n) is 5.95. The number of halogens is 4. The fourth-order valence-corrected chi connectivity index (χ4v) is 6.78. The minimum atomic E-state index is -5.08. The summed E-state index contributed by atoms with van der Waals surface area (Å²) in [5.74, 6) is -2.44. The Bertz CT molecular complexity index is 1680. The normalized spacial score (nSPS) is 12.5. The smallest absolute Gasteiger partial charge is 0.490 e. The van der Waals surface area contributed by atoms with E-state index in [1.54, 1.807) is 30.8 Å². The summed E-state index contributed by atoms with van der Waals surface area (Å²) in [6, 6.07) is 16.1. The number of hydrogen-bond acceptors (Lipinski definition) is 8. The molecule has 2 heterocycles. The molecule has 0 saturated heterocycles. The monoisotopic (exact) mass is 645 g/mol. The van der Waals surface area contributed by atoms with E-state index in [-0.39, 0.29) is 15.7 Å². The Morgan fingerprint density at radius 2 is 1.79 bits per heavy atom. The number of aromatic nitrogens is 2. The summed E-state index contributed by atoms with van der Waals surface area (Å²) in [6.45, 7) is 2.13. The second-order valence-corrected chi connectivity index (χ2v) is 13.1. The van der Waals surface area contributed by atoms with Crippen LogP contribution in [0.5, 0.6) is 5.75 Å². The molecule has 0 spiro atoms. The van der Waals surface area contributed by atoms with Gasteiger partial charge in [-0.2, -0.15) is 18.3 Å². The number of aryl methyl sites for hydroxylation is 1. The van der Waals surface area contributed by atoms with E-state index in [1.807, 2.05) is 36.4 Å². The first kappa shape index (κ1) is 33.0. The van der Waals surface area contributed by atoms with Crippen LogP contribution in [0.2, 0.25) is 4.34 Å². The first-order valence-electron chi connectivity index (χ1n) is 12.3. The highest BCUT2D eigenvalue weighted by molar-refractivity contribution is 7.92. The van der Waals surface area contributed by atoms with E-state index < -0.39 is 28.0 Å². The number of Topliss-reactive ketones (excluding diaryl/α,β-unsaturated/α-hetero) is 1. The highest BCUT2D eigenvalue weighted by Crippen LogP contribution is 2.33. The molecule has 2 aromatic carbocycles. The Hall–Kier alpha value is -3.46. The fraction of sp³-hybridized carbons (Fsp3) is 0.296. The molecule has 1 atom stereocenters. The van der Waals surface area contributed by atoms with Crippen molar-refractivity contribution in [1.29, 1.82) is 0 Å². The lowest BCUT2D eigenvalue weighted by Crippen LogP contribution is -2.26. The van der Waals surface area contributed by atoms with Gasteiger partial charge in [-0.05, 0) is 48.7 Å². The summed E-state index contributed by atoms with van der Waals surface area (Å²) in [7, 11) is -2.09. The molecule has 9 nitrogen and oxygen atoms in total. The van der Waals surface area contributed by atoms with Crippen molar-refractivity contribution >= 4 is 55.4 Å². The van der Waals surface area contributed by atoms with Crippen molar-refractivity contribution in [3.05, 3.63) is 75.8 Å². The number of methoxy groups -OCH3 is 1. The molecule has 15 heteroatoms. The third kappa shape index (κ3) is 8.53. The average molecular weight is 646 g/mol. The van der Waals surface area contributed by atoms with Crippen LogP contribution in [0.3, 0.4) is 0 Å². The van der Waals surface area contributed by atoms with Gasteiger partial charge in [0, 0.05) is 6.42 Å². The molecular formula is C27H27ClF3N3O6S2. The summed E-state index contributed by atoms with van der Waals surface area (Å²) in [4.78, 5) is 20.8. The lowest BCUT2D eigenvalue weighted by Gasteiger charge is -2.08. The van der Waals surface area contributed by atoms with E-state index >= 15 is 0 Å². The zero-order valence-electron chi connectivity index (χ0n) is 22.4. The van der Waals surface area contributed by atoms with Gasteiger partial charge in [-0.3, -0.25) is 9.48 Å². The largest absolute Gasteiger partial charge is 0.496 e. The summed E-state index contributed by atoms with van der Waals surface area (Å²) in [6.07, 6.45) is -4.09. The van der Waals surface area contributed by atoms with Crippen LogP contribution in [0, 0.1) is 0 Å². The second-order valence-electron chi connectivity index (χ2n) is 9.15. The fourth-order valence-electron chi connectivity index (χ4n) is 3.93. The predicted octanol–water partition coefficient (Wildman–Crippen LogP) is 5.26. The van der Waals surface area contributed by atoms with Crippen molar-refractivity contribution in [2.45, 2.75) is 48.5 Å². The number of carbonyl (C=O) groups is 2. The number of alkyl halides is 3. The van der Waals surface area contributed by atoms with Crippen molar-refractivity contribution < 1.29 is 41.0 Å². The molecule has 0 aliphatic heterocycles. The molecule has 226 valence electrons. The Balaban J connectivity index is 0.000000616. The molecular weight excluding hydrogens is 619 g/mol. The molecule has 0 unspecified atom stereocenters. The van der Waals surface area contributed by atoms with Crippen LogP contribution in [-0.4, -0.2) is 54.4 Å². The van der Waals surface area contributed by atoms with Crippen LogP contribution in [0.4, 0.5) is 13.2 Å². The van der Waals surface area contributed by atoms with Crippen molar-refractivity contribution in [2.75, 3.05) is 7.11 Å². The number of carboxylic acid groups (broad SMARTS) is 1. The number of thiophene rings is 1. The maximum Gasteiger partial charge on any atom is 0.490 e. The van der Waals surface area contributed by atoms with Crippen LogP contribution in [0.25, 0.3) is 10.9 Å². The van der Waals surface area contributed by atoms with Gasteiger partial charge in [-0.1, -0.05) is 41.9 Å². The number of carbonyl (C=O) groups excluding carboxylic acids is 1. The van der Waals surface area contributed by atoms with Gasteiger partial charge < -0.3 is 15.6 Å². The van der Waals surface area contributed by atoms with Gasteiger partial charge in [-0.15, -0.1) is 11.3 Å². The minimum Gasteiger partial charge on any atom is -0.496 e. The van der Waals surface area contributed by atoms with Crippen LogP contribution < -0.4 is 10.5 Å². The van der Waals surface area contributed by atoms with Crippen molar-refractivity contribution in [3.63, 3.8) is 0 Å². The van der Waals surface area contributed by atoms with Crippen molar-refractivity contribution in [1.82, 2.24) is 9.78 Å². The van der Waals surface area contributed by atoms with Gasteiger partial charge in [0.25, 0.3) is 0 Å². The highest BCUT2D eigenvalue weighted by Gasteiger charge is 2.38. The highest BCUT2D eigenvalue weighted by atomic mass is 35.5. The van der Waals surface area contributed by atoms with Crippen LogP contribution in [0.1, 0.15) is 30.2 Å². The number of aliphatic carboxylic acids is 1. The summed E-state index contributed by atoms with van der Waals surface area (Å²) < 4.78 is 65.8. The van der Waals surface area contributed by atoms with Gasteiger partial charge >= 0.3 is 12.1 Å². The van der Waals surface area contributed by atoms with Gasteiger partial charge in [0.15, 0.2) is 9.84 Å². The number of hydrogen-bond donors (Lipinski definition) is 2. The molecule has 2 aromatic heterocycles. The lowest BCUT2D eigenvalue weighted by atomic mass is 10.0. The number of nitrogens with zero attached hydrogens (tertiary/aromatic N) is 2. The quantitative estimate of drug-likeness (QED) is 0.238. The van der Waals surface area contributed by atoms with Crippen LogP contribution >= 0.6 is 22.9 Å². The summed E-state index contributed by atoms with van der Waals surface area (Å²) in [5.41, 5.74) is 8.88. The first-order valence-corrected chi connectivity index (χ1v) is 15.1. The number of benzene rings is 2. The van der Waals surface area contributed by atoms with Gasteiger partial charge in [0.05, 0.1) is 40.6 Å². The SMILES string of the molecule is COc1cccc2c1c(CS(=O)(=O)c1ccc(Cl)s1)nn2Cc1cccc(CCC(=O)[C@@H](C)N)c1.O=C(O)C(F)(F)F. The predicted molar refractivity (Wildman–Crippen MR) is 153 cm³/mol. The minimum absolute atomic E-state index is 0.0263. The van der Waals surface area contributed by atoms with Crippen molar-refractivity contribution in [2.24, 2.45) is 5.73 Å². The molecule has 42 heavy (non-hydrogen) atoms. The number of carboxylic acids is 1. The molecule has 0 aliphatic rings. The maximum atomic E-state index is 13.1. The Kier molecular flexibility index (Phi) is 10.8.